The van der Waals surface area contributed by atoms with Crippen LogP contribution in [0.25, 0.3) is 131 Å². The van der Waals surface area contributed by atoms with Crippen molar-refractivity contribution in [2.45, 2.75) is 0 Å². The standard InChI is InChI=1S/C56H32O2/c1-2-12-33(13-3-1)34-22-26-45-48(30-34)54(35-23-25-41-39-16-5-4-14-37(39)38-15-6-7-17-40(38)47(41)31-35)44-20-9-8-19-43(44)53(45)36-24-28-51-49(32-36)55-52(57-51)29-27-46-42-18-10-11-21-50(42)58-56(46)55/h1-32H. The summed E-state index contributed by atoms with van der Waals surface area (Å²) in [6.45, 7) is 0. The lowest BCUT2D eigenvalue weighted by molar-refractivity contribution is 0.663. The molecule has 11 aromatic carbocycles. The van der Waals surface area contributed by atoms with E-state index in [1.807, 2.05) is 12.1 Å². The van der Waals surface area contributed by atoms with E-state index in [-0.39, 0.29) is 0 Å². The third-order valence-electron chi connectivity index (χ3n) is 12.4. The number of furan rings is 2. The molecule has 268 valence electrons. The second kappa shape index (κ2) is 11.9. The van der Waals surface area contributed by atoms with Crippen molar-refractivity contribution in [3.8, 4) is 33.4 Å². The lowest BCUT2D eigenvalue weighted by Crippen LogP contribution is -1.92. The fraction of sp³-hybridized carbons (Fsp3) is 0. The predicted molar refractivity (Wildman–Crippen MR) is 245 cm³/mol. The number of para-hydroxylation sites is 1. The van der Waals surface area contributed by atoms with E-state index >= 15 is 0 Å². The van der Waals surface area contributed by atoms with Gasteiger partial charge in [-0.2, -0.15) is 0 Å². The van der Waals surface area contributed by atoms with E-state index in [0.717, 1.165) is 49.4 Å². The molecule has 0 aliphatic heterocycles. The summed E-state index contributed by atoms with van der Waals surface area (Å²) in [5.74, 6) is 0. The fourth-order valence-electron chi connectivity index (χ4n) is 9.87. The van der Waals surface area contributed by atoms with E-state index in [2.05, 4.69) is 182 Å². The smallest absolute Gasteiger partial charge is 0.147 e. The number of rotatable bonds is 3. The molecule has 2 heteroatoms. The zero-order valence-electron chi connectivity index (χ0n) is 31.3. The summed E-state index contributed by atoms with van der Waals surface area (Å²) in [6.07, 6.45) is 0. The van der Waals surface area contributed by atoms with Crippen molar-refractivity contribution in [2.24, 2.45) is 0 Å². The Morgan fingerprint density at radius 3 is 1.40 bits per heavy atom. The first-order valence-electron chi connectivity index (χ1n) is 19.9. The summed E-state index contributed by atoms with van der Waals surface area (Å²) in [6, 6.07) is 70.6. The zero-order valence-corrected chi connectivity index (χ0v) is 31.3. The Hall–Kier alpha value is -7.68. The van der Waals surface area contributed by atoms with Crippen LogP contribution in [-0.2, 0) is 0 Å². The molecule has 0 aliphatic rings. The Balaban J connectivity index is 1.13. The molecule has 0 N–H and O–H groups in total. The molecule has 2 aromatic heterocycles. The van der Waals surface area contributed by atoms with Gasteiger partial charge >= 0.3 is 0 Å². The molecule has 0 radical (unpaired) electrons. The quantitative estimate of drug-likeness (QED) is 0.133. The first-order valence-corrected chi connectivity index (χ1v) is 19.9. The maximum Gasteiger partial charge on any atom is 0.147 e. The lowest BCUT2D eigenvalue weighted by atomic mass is 9.83. The second-order valence-corrected chi connectivity index (χ2v) is 15.5. The number of benzene rings is 11. The van der Waals surface area contributed by atoms with Gasteiger partial charge in [0, 0.05) is 16.2 Å². The Labute approximate surface area is 332 Å². The van der Waals surface area contributed by atoms with E-state index in [1.165, 1.54) is 81.7 Å². The van der Waals surface area contributed by atoms with Crippen LogP contribution in [0.4, 0.5) is 0 Å². The van der Waals surface area contributed by atoms with Crippen LogP contribution < -0.4 is 0 Å². The summed E-state index contributed by atoms with van der Waals surface area (Å²) in [5, 5.41) is 16.8. The van der Waals surface area contributed by atoms with Crippen molar-refractivity contribution in [1.82, 2.24) is 0 Å². The van der Waals surface area contributed by atoms with E-state index < -0.39 is 0 Å². The maximum atomic E-state index is 6.56. The molecule has 0 aliphatic carbocycles. The van der Waals surface area contributed by atoms with Crippen molar-refractivity contribution in [3.63, 3.8) is 0 Å². The minimum absolute atomic E-state index is 0.827. The van der Waals surface area contributed by atoms with Gasteiger partial charge in [-0.25, -0.2) is 0 Å². The molecule has 0 atom stereocenters. The van der Waals surface area contributed by atoms with Gasteiger partial charge in [-0.1, -0.05) is 152 Å². The fourth-order valence-corrected chi connectivity index (χ4v) is 9.87. The minimum Gasteiger partial charge on any atom is -0.456 e. The van der Waals surface area contributed by atoms with E-state index in [9.17, 15) is 0 Å². The van der Waals surface area contributed by atoms with Crippen molar-refractivity contribution in [1.29, 1.82) is 0 Å². The Morgan fingerprint density at radius 2 is 0.672 bits per heavy atom. The molecular weight excluding hydrogens is 705 g/mol. The normalized spacial score (nSPS) is 12.1. The molecule has 0 bridgehead atoms. The van der Waals surface area contributed by atoms with Crippen LogP contribution in [0, 0.1) is 0 Å². The average Bonchev–Trinajstić information content (AvgIpc) is 3.86. The first kappa shape index (κ1) is 31.5. The molecule has 2 heterocycles. The van der Waals surface area contributed by atoms with Crippen molar-refractivity contribution >= 4 is 97.7 Å². The minimum atomic E-state index is 0.827. The van der Waals surface area contributed by atoms with E-state index in [1.54, 1.807) is 0 Å². The van der Waals surface area contributed by atoms with Gasteiger partial charge in [0.2, 0.25) is 0 Å². The van der Waals surface area contributed by atoms with Gasteiger partial charge in [-0.15, -0.1) is 0 Å². The molecule has 0 spiro atoms. The van der Waals surface area contributed by atoms with Gasteiger partial charge in [0.25, 0.3) is 0 Å². The topological polar surface area (TPSA) is 26.3 Å². The number of hydrogen-bond donors (Lipinski definition) is 0. The van der Waals surface area contributed by atoms with Crippen LogP contribution in [0.2, 0.25) is 0 Å². The Morgan fingerprint density at radius 1 is 0.224 bits per heavy atom. The first-order chi connectivity index (χ1) is 28.8. The number of fused-ring (bicyclic) bond motifs is 15. The van der Waals surface area contributed by atoms with Gasteiger partial charge in [-0.3, -0.25) is 0 Å². The molecule has 0 fully saturated rings. The van der Waals surface area contributed by atoms with E-state index in [4.69, 9.17) is 8.83 Å². The zero-order chi connectivity index (χ0) is 37.9. The summed E-state index contributed by atoms with van der Waals surface area (Å²) in [5.41, 5.74) is 10.6. The van der Waals surface area contributed by atoms with Gasteiger partial charge < -0.3 is 8.83 Å². The molecular formula is C56H32O2. The molecule has 0 saturated carbocycles. The monoisotopic (exact) mass is 736 g/mol. The molecule has 58 heavy (non-hydrogen) atoms. The lowest BCUT2D eigenvalue weighted by Gasteiger charge is -2.19. The third-order valence-corrected chi connectivity index (χ3v) is 12.4. The highest BCUT2D eigenvalue weighted by Crippen LogP contribution is 2.48. The van der Waals surface area contributed by atoms with Crippen LogP contribution in [0.5, 0.6) is 0 Å². The van der Waals surface area contributed by atoms with Gasteiger partial charge in [0.1, 0.15) is 22.3 Å². The highest BCUT2D eigenvalue weighted by Gasteiger charge is 2.21. The molecule has 13 aromatic rings. The van der Waals surface area contributed by atoms with Crippen LogP contribution in [-0.4, -0.2) is 0 Å². The highest BCUT2D eigenvalue weighted by atomic mass is 16.3. The summed E-state index contributed by atoms with van der Waals surface area (Å²) in [4.78, 5) is 0. The van der Waals surface area contributed by atoms with Crippen molar-refractivity contribution in [3.05, 3.63) is 194 Å². The molecule has 0 amide bonds. The maximum absolute atomic E-state index is 6.56. The highest BCUT2D eigenvalue weighted by molar-refractivity contribution is 6.28. The SMILES string of the molecule is c1ccc(-c2ccc3c(-c4ccc5oc6ccc7c8ccccc8oc7c6c5c4)c4ccccc4c(-c4ccc5c6ccccc6c6ccccc6c5c4)c3c2)cc1. The Kier molecular flexibility index (Phi) is 6.47. The van der Waals surface area contributed by atoms with Crippen molar-refractivity contribution in [2.75, 3.05) is 0 Å². The average molecular weight is 737 g/mol. The number of hydrogen-bond acceptors (Lipinski definition) is 2. The largest absolute Gasteiger partial charge is 0.456 e. The van der Waals surface area contributed by atoms with Gasteiger partial charge in [-0.05, 0) is 130 Å². The molecule has 2 nitrogen and oxygen atoms in total. The van der Waals surface area contributed by atoms with Crippen LogP contribution >= 0.6 is 0 Å². The van der Waals surface area contributed by atoms with E-state index in [0.29, 0.717) is 0 Å². The summed E-state index contributed by atoms with van der Waals surface area (Å²) in [7, 11) is 0. The third kappa shape index (κ3) is 4.43. The second-order valence-electron chi connectivity index (χ2n) is 15.5. The van der Waals surface area contributed by atoms with Crippen LogP contribution in [0.1, 0.15) is 0 Å². The van der Waals surface area contributed by atoms with Crippen LogP contribution in [0.15, 0.2) is 203 Å². The molecule has 0 saturated heterocycles. The van der Waals surface area contributed by atoms with Gasteiger partial charge in [0.05, 0.1) is 5.39 Å². The van der Waals surface area contributed by atoms with Crippen LogP contribution in [0.3, 0.4) is 0 Å². The summed E-state index contributed by atoms with van der Waals surface area (Å²) >= 11 is 0. The molecule has 0 unspecified atom stereocenters. The summed E-state index contributed by atoms with van der Waals surface area (Å²) < 4.78 is 13.1. The predicted octanol–water partition coefficient (Wildman–Crippen LogP) is 16.3. The van der Waals surface area contributed by atoms with Gasteiger partial charge in [0.15, 0.2) is 0 Å². The van der Waals surface area contributed by atoms with Crippen molar-refractivity contribution < 1.29 is 8.83 Å². The molecule has 13 rings (SSSR count). The Bertz CT molecular complexity index is 3810.